The molecular formula is C10H20ClN. The molecule has 1 heterocycles. The second-order valence-corrected chi connectivity index (χ2v) is 3.27. The van der Waals surface area contributed by atoms with Gasteiger partial charge in [0.15, 0.2) is 0 Å². The van der Waals surface area contributed by atoms with Crippen LogP contribution in [0.1, 0.15) is 32.6 Å². The van der Waals surface area contributed by atoms with Crippen LogP contribution in [0.2, 0.25) is 0 Å². The van der Waals surface area contributed by atoms with Gasteiger partial charge in [0, 0.05) is 13.1 Å². The first kappa shape index (κ1) is 12.0. The molecule has 0 fully saturated rings. The quantitative estimate of drug-likeness (QED) is 0.486. The summed E-state index contributed by atoms with van der Waals surface area (Å²) >= 11 is 0. The SMILES string of the molecule is CCCCCN1CC=CCC1.Cl. The third kappa shape index (κ3) is 4.78. The molecular weight excluding hydrogens is 170 g/mol. The van der Waals surface area contributed by atoms with Gasteiger partial charge in [0.2, 0.25) is 0 Å². The van der Waals surface area contributed by atoms with Gasteiger partial charge < -0.3 is 0 Å². The number of nitrogens with zero attached hydrogens (tertiary/aromatic N) is 1. The van der Waals surface area contributed by atoms with Gasteiger partial charge in [-0.15, -0.1) is 12.4 Å². The molecule has 0 amide bonds. The van der Waals surface area contributed by atoms with E-state index in [0.717, 1.165) is 0 Å². The predicted octanol–water partition coefficient (Wildman–Crippen LogP) is 2.86. The molecule has 1 aliphatic heterocycles. The van der Waals surface area contributed by atoms with Crippen LogP contribution < -0.4 is 0 Å². The summed E-state index contributed by atoms with van der Waals surface area (Å²) in [4.78, 5) is 2.54. The third-order valence-electron chi connectivity index (χ3n) is 2.22. The first-order valence-electron chi connectivity index (χ1n) is 4.81. The molecule has 0 spiro atoms. The lowest BCUT2D eigenvalue weighted by atomic mass is 10.2. The lowest BCUT2D eigenvalue weighted by Crippen LogP contribution is -2.28. The van der Waals surface area contributed by atoms with Crippen LogP contribution in [0.5, 0.6) is 0 Å². The zero-order valence-corrected chi connectivity index (χ0v) is 8.78. The Kier molecular flexibility index (Phi) is 7.62. The van der Waals surface area contributed by atoms with Gasteiger partial charge in [0.1, 0.15) is 0 Å². The average Bonchev–Trinajstić information content (AvgIpc) is 2.07. The van der Waals surface area contributed by atoms with E-state index in [1.807, 2.05) is 0 Å². The molecule has 0 radical (unpaired) electrons. The number of hydrogen-bond acceptors (Lipinski definition) is 1. The molecule has 0 aromatic rings. The van der Waals surface area contributed by atoms with Crippen molar-refractivity contribution in [1.29, 1.82) is 0 Å². The van der Waals surface area contributed by atoms with Crippen LogP contribution in [0.4, 0.5) is 0 Å². The summed E-state index contributed by atoms with van der Waals surface area (Å²) in [7, 11) is 0. The Labute approximate surface area is 82.2 Å². The van der Waals surface area contributed by atoms with E-state index in [-0.39, 0.29) is 12.4 Å². The van der Waals surface area contributed by atoms with Crippen LogP contribution in [-0.2, 0) is 0 Å². The smallest absolute Gasteiger partial charge is 0.0163 e. The molecule has 2 heteroatoms. The van der Waals surface area contributed by atoms with E-state index in [0.29, 0.717) is 0 Å². The molecule has 0 saturated carbocycles. The Morgan fingerprint density at radius 2 is 2.08 bits per heavy atom. The average molecular weight is 190 g/mol. The standard InChI is InChI=1S/C10H19N.ClH/c1-2-3-5-8-11-9-6-4-7-10-11;/h4,6H,2-3,5,7-10H2,1H3;1H. The Bertz CT molecular complexity index is 123. The maximum atomic E-state index is 2.54. The summed E-state index contributed by atoms with van der Waals surface area (Å²) in [6.07, 6.45) is 9.94. The molecule has 72 valence electrons. The van der Waals surface area contributed by atoms with E-state index in [2.05, 4.69) is 24.0 Å². The van der Waals surface area contributed by atoms with E-state index in [9.17, 15) is 0 Å². The number of unbranched alkanes of at least 4 members (excludes halogenated alkanes) is 2. The molecule has 0 N–H and O–H groups in total. The molecule has 12 heavy (non-hydrogen) atoms. The van der Waals surface area contributed by atoms with E-state index in [4.69, 9.17) is 0 Å². The lowest BCUT2D eigenvalue weighted by molar-refractivity contribution is 0.291. The summed E-state index contributed by atoms with van der Waals surface area (Å²) in [6.45, 7) is 6.03. The molecule has 1 rings (SSSR count). The van der Waals surface area contributed by atoms with E-state index < -0.39 is 0 Å². The van der Waals surface area contributed by atoms with Crippen molar-refractivity contribution in [2.75, 3.05) is 19.6 Å². The second-order valence-electron chi connectivity index (χ2n) is 3.27. The van der Waals surface area contributed by atoms with Gasteiger partial charge in [-0.2, -0.15) is 0 Å². The highest BCUT2D eigenvalue weighted by molar-refractivity contribution is 5.85. The van der Waals surface area contributed by atoms with Gasteiger partial charge in [0.05, 0.1) is 0 Å². The highest BCUT2D eigenvalue weighted by atomic mass is 35.5. The Hall–Kier alpha value is -0.0100. The van der Waals surface area contributed by atoms with Crippen molar-refractivity contribution in [3.8, 4) is 0 Å². The Morgan fingerprint density at radius 3 is 2.67 bits per heavy atom. The van der Waals surface area contributed by atoms with Crippen LogP contribution in [0, 0.1) is 0 Å². The zero-order chi connectivity index (χ0) is 7.94. The summed E-state index contributed by atoms with van der Waals surface area (Å²) in [5, 5.41) is 0. The molecule has 0 aliphatic carbocycles. The Morgan fingerprint density at radius 1 is 1.25 bits per heavy atom. The van der Waals surface area contributed by atoms with Crippen molar-refractivity contribution in [2.45, 2.75) is 32.6 Å². The zero-order valence-electron chi connectivity index (χ0n) is 7.96. The number of halogens is 1. The lowest BCUT2D eigenvalue weighted by Gasteiger charge is -2.22. The van der Waals surface area contributed by atoms with E-state index in [1.54, 1.807) is 0 Å². The van der Waals surface area contributed by atoms with Gasteiger partial charge in [-0.3, -0.25) is 4.90 Å². The van der Waals surface area contributed by atoms with Crippen molar-refractivity contribution in [1.82, 2.24) is 4.90 Å². The van der Waals surface area contributed by atoms with Crippen molar-refractivity contribution < 1.29 is 0 Å². The van der Waals surface area contributed by atoms with Crippen molar-refractivity contribution in [2.24, 2.45) is 0 Å². The van der Waals surface area contributed by atoms with Crippen LogP contribution in [0.15, 0.2) is 12.2 Å². The molecule has 0 unspecified atom stereocenters. The van der Waals surface area contributed by atoms with Gasteiger partial charge >= 0.3 is 0 Å². The largest absolute Gasteiger partial charge is 0.299 e. The predicted molar refractivity (Wildman–Crippen MR) is 57.0 cm³/mol. The van der Waals surface area contributed by atoms with Crippen molar-refractivity contribution in [3.63, 3.8) is 0 Å². The minimum absolute atomic E-state index is 0. The van der Waals surface area contributed by atoms with Gasteiger partial charge in [-0.05, 0) is 19.4 Å². The monoisotopic (exact) mass is 189 g/mol. The molecule has 0 aromatic carbocycles. The highest BCUT2D eigenvalue weighted by Crippen LogP contribution is 2.03. The van der Waals surface area contributed by atoms with Crippen molar-refractivity contribution in [3.05, 3.63) is 12.2 Å². The molecule has 0 atom stereocenters. The summed E-state index contributed by atoms with van der Waals surface area (Å²) < 4.78 is 0. The van der Waals surface area contributed by atoms with Crippen molar-refractivity contribution >= 4 is 12.4 Å². The Balaban J connectivity index is 0.00000121. The molecule has 1 nitrogen and oxygen atoms in total. The molecule has 0 bridgehead atoms. The maximum Gasteiger partial charge on any atom is 0.0163 e. The van der Waals surface area contributed by atoms with Gasteiger partial charge in [-0.25, -0.2) is 0 Å². The summed E-state index contributed by atoms with van der Waals surface area (Å²) in [5.41, 5.74) is 0. The first-order valence-corrected chi connectivity index (χ1v) is 4.81. The van der Waals surface area contributed by atoms with E-state index in [1.165, 1.54) is 45.3 Å². The fourth-order valence-electron chi connectivity index (χ4n) is 1.48. The normalized spacial score (nSPS) is 17.4. The fourth-order valence-corrected chi connectivity index (χ4v) is 1.48. The second kappa shape index (κ2) is 7.63. The van der Waals surface area contributed by atoms with Crippen LogP contribution in [0.25, 0.3) is 0 Å². The fraction of sp³-hybridized carbons (Fsp3) is 0.800. The number of rotatable bonds is 4. The minimum Gasteiger partial charge on any atom is -0.299 e. The molecule has 0 saturated heterocycles. The van der Waals surface area contributed by atoms with Gasteiger partial charge in [-0.1, -0.05) is 31.9 Å². The summed E-state index contributed by atoms with van der Waals surface area (Å²) in [5.74, 6) is 0. The van der Waals surface area contributed by atoms with Gasteiger partial charge in [0.25, 0.3) is 0 Å². The maximum absolute atomic E-state index is 2.54. The number of hydrogen-bond donors (Lipinski definition) is 0. The first-order chi connectivity index (χ1) is 5.43. The molecule has 0 aromatic heterocycles. The van der Waals surface area contributed by atoms with Crippen LogP contribution in [-0.4, -0.2) is 24.5 Å². The third-order valence-corrected chi connectivity index (χ3v) is 2.22. The van der Waals surface area contributed by atoms with Crippen LogP contribution >= 0.6 is 12.4 Å². The summed E-state index contributed by atoms with van der Waals surface area (Å²) in [6, 6.07) is 0. The highest BCUT2D eigenvalue weighted by Gasteiger charge is 2.03. The minimum atomic E-state index is 0. The molecule has 1 aliphatic rings. The topological polar surface area (TPSA) is 3.24 Å². The van der Waals surface area contributed by atoms with Crippen LogP contribution in [0.3, 0.4) is 0 Å². The van der Waals surface area contributed by atoms with E-state index >= 15 is 0 Å².